The van der Waals surface area contributed by atoms with Gasteiger partial charge in [-0.05, 0) is 30.3 Å². The summed E-state index contributed by atoms with van der Waals surface area (Å²) >= 11 is 0. The molecule has 0 fully saturated rings. The van der Waals surface area contributed by atoms with E-state index in [4.69, 9.17) is 4.74 Å². The molecule has 0 spiro atoms. The second-order valence-electron chi connectivity index (χ2n) is 4.66. The molecule has 0 unspecified atom stereocenters. The van der Waals surface area contributed by atoms with Crippen molar-refractivity contribution in [2.24, 2.45) is 0 Å². The topological polar surface area (TPSA) is 72.0 Å². The molecule has 23 heavy (non-hydrogen) atoms. The molecule has 3 aromatic rings. The molecule has 7 heteroatoms. The van der Waals surface area contributed by atoms with Gasteiger partial charge >= 0.3 is 0 Å². The van der Waals surface area contributed by atoms with Crippen molar-refractivity contribution in [2.45, 2.75) is 0 Å². The highest BCUT2D eigenvalue weighted by atomic mass is 19.1. The molecule has 116 valence electrons. The van der Waals surface area contributed by atoms with Crippen LogP contribution >= 0.6 is 0 Å². The summed E-state index contributed by atoms with van der Waals surface area (Å²) in [5.74, 6) is 1.17. The number of anilines is 4. The first-order chi connectivity index (χ1) is 11.2. The Labute approximate surface area is 132 Å². The normalized spacial score (nSPS) is 10.2. The van der Waals surface area contributed by atoms with Crippen LogP contribution in [0, 0.1) is 5.82 Å². The molecule has 0 saturated heterocycles. The quantitative estimate of drug-likeness (QED) is 0.751. The van der Waals surface area contributed by atoms with Gasteiger partial charge in [0.15, 0.2) is 5.82 Å². The molecule has 1 heterocycles. The standard InChI is InChI=1S/C16H14FN5O/c1-23-14-7-3-6-13(9-14)20-16-21-15(10-18-22-16)19-12-5-2-4-11(17)8-12/h2-10H,1H3,(H2,19,20,21,22). The van der Waals surface area contributed by atoms with Crippen LogP contribution in [-0.4, -0.2) is 22.3 Å². The van der Waals surface area contributed by atoms with E-state index in [-0.39, 0.29) is 5.82 Å². The number of hydrogen-bond donors (Lipinski definition) is 2. The van der Waals surface area contributed by atoms with E-state index in [2.05, 4.69) is 25.8 Å². The Morgan fingerprint density at radius 3 is 2.57 bits per heavy atom. The Morgan fingerprint density at radius 1 is 1.00 bits per heavy atom. The smallest absolute Gasteiger partial charge is 0.249 e. The summed E-state index contributed by atoms with van der Waals surface area (Å²) < 4.78 is 18.4. The Bertz CT molecular complexity index is 812. The highest BCUT2D eigenvalue weighted by Gasteiger charge is 2.03. The second-order valence-corrected chi connectivity index (χ2v) is 4.66. The van der Waals surface area contributed by atoms with Crippen LogP contribution in [0.4, 0.5) is 27.5 Å². The predicted octanol–water partition coefficient (Wildman–Crippen LogP) is 3.51. The van der Waals surface area contributed by atoms with Crippen molar-refractivity contribution in [1.82, 2.24) is 15.2 Å². The Morgan fingerprint density at radius 2 is 1.78 bits per heavy atom. The van der Waals surface area contributed by atoms with Crippen LogP contribution in [0.25, 0.3) is 0 Å². The van der Waals surface area contributed by atoms with Crippen LogP contribution in [-0.2, 0) is 0 Å². The summed E-state index contributed by atoms with van der Waals surface area (Å²) in [7, 11) is 1.60. The lowest BCUT2D eigenvalue weighted by atomic mass is 10.3. The van der Waals surface area contributed by atoms with Gasteiger partial charge < -0.3 is 15.4 Å². The van der Waals surface area contributed by atoms with Crippen LogP contribution in [0.2, 0.25) is 0 Å². The molecule has 0 amide bonds. The number of halogens is 1. The maximum Gasteiger partial charge on any atom is 0.249 e. The fraction of sp³-hybridized carbons (Fsp3) is 0.0625. The number of nitrogens with zero attached hydrogens (tertiary/aromatic N) is 3. The number of ether oxygens (including phenoxy) is 1. The first-order valence-corrected chi connectivity index (χ1v) is 6.86. The van der Waals surface area contributed by atoms with Gasteiger partial charge in [0, 0.05) is 17.4 Å². The third-order valence-corrected chi connectivity index (χ3v) is 2.98. The molecule has 0 aliphatic carbocycles. The molecule has 3 rings (SSSR count). The zero-order valence-electron chi connectivity index (χ0n) is 12.3. The molecule has 0 atom stereocenters. The molecular formula is C16H14FN5O. The Hall–Kier alpha value is -3.22. The molecule has 0 aliphatic rings. The van der Waals surface area contributed by atoms with Gasteiger partial charge in [-0.2, -0.15) is 10.1 Å². The number of nitrogens with one attached hydrogen (secondary N) is 2. The van der Waals surface area contributed by atoms with Gasteiger partial charge in [0.25, 0.3) is 0 Å². The highest BCUT2D eigenvalue weighted by molar-refractivity contribution is 5.59. The molecule has 1 aromatic heterocycles. The summed E-state index contributed by atoms with van der Waals surface area (Å²) in [6, 6.07) is 13.5. The van der Waals surface area contributed by atoms with Crippen LogP contribution in [0.15, 0.2) is 54.7 Å². The molecule has 2 aromatic carbocycles. The average molecular weight is 311 g/mol. The highest BCUT2D eigenvalue weighted by Crippen LogP contribution is 2.20. The van der Waals surface area contributed by atoms with E-state index < -0.39 is 0 Å². The largest absolute Gasteiger partial charge is 0.497 e. The van der Waals surface area contributed by atoms with Crippen LogP contribution < -0.4 is 15.4 Å². The first kappa shape index (κ1) is 14.7. The molecule has 0 bridgehead atoms. The first-order valence-electron chi connectivity index (χ1n) is 6.86. The van der Waals surface area contributed by atoms with E-state index in [1.807, 2.05) is 24.3 Å². The SMILES string of the molecule is COc1cccc(Nc2nncc(Nc3cccc(F)c3)n2)c1. The fourth-order valence-corrected chi connectivity index (χ4v) is 1.96. The monoisotopic (exact) mass is 311 g/mol. The summed E-state index contributed by atoms with van der Waals surface area (Å²) in [5, 5.41) is 13.8. The zero-order chi connectivity index (χ0) is 16.1. The van der Waals surface area contributed by atoms with Gasteiger partial charge in [-0.25, -0.2) is 4.39 Å². The average Bonchev–Trinajstić information content (AvgIpc) is 2.55. The van der Waals surface area contributed by atoms with Crippen molar-refractivity contribution in [3.8, 4) is 5.75 Å². The molecule has 2 N–H and O–H groups in total. The van der Waals surface area contributed by atoms with E-state index in [1.165, 1.54) is 18.3 Å². The minimum absolute atomic E-state index is 0.319. The fourth-order valence-electron chi connectivity index (χ4n) is 1.96. The van der Waals surface area contributed by atoms with Gasteiger partial charge in [0.2, 0.25) is 5.95 Å². The summed E-state index contributed by atoms with van der Waals surface area (Å²) in [6.45, 7) is 0. The number of aromatic nitrogens is 3. The minimum atomic E-state index is -0.327. The van der Waals surface area contributed by atoms with Gasteiger partial charge in [-0.1, -0.05) is 12.1 Å². The third kappa shape index (κ3) is 3.91. The van der Waals surface area contributed by atoms with Crippen LogP contribution in [0.3, 0.4) is 0 Å². The number of hydrogen-bond acceptors (Lipinski definition) is 6. The van der Waals surface area contributed by atoms with E-state index in [0.717, 1.165) is 11.4 Å². The van der Waals surface area contributed by atoms with Crippen LogP contribution in [0.5, 0.6) is 5.75 Å². The molecule has 6 nitrogen and oxygen atoms in total. The molecule has 0 saturated carbocycles. The maximum absolute atomic E-state index is 13.2. The van der Waals surface area contributed by atoms with E-state index in [9.17, 15) is 4.39 Å². The van der Waals surface area contributed by atoms with Gasteiger partial charge in [0.05, 0.1) is 13.3 Å². The Balaban J connectivity index is 1.76. The predicted molar refractivity (Wildman–Crippen MR) is 85.8 cm³/mol. The number of methoxy groups -OCH3 is 1. The van der Waals surface area contributed by atoms with E-state index in [1.54, 1.807) is 19.2 Å². The van der Waals surface area contributed by atoms with Crippen molar-refractivity contribution >= 4 is 23.1 Å². The molecular weight excluding hydrogens is 297 g/mol. The Kier molecular flexibility index (Phi) is 4.28. The summed E-state index contributed by atoms with van der Waals surface area (Å²) in [5.41, 5.74) is 1.35. The van der Waals surface area contributed by atoms with Crippen molar-refractivity contribution < 1.29 is 9.13 Å². The van der Waals surface area contributed by atoms with Gasteiger partial charge in [-0.15, -0.1) is 5.10 Å². The van der Waals surface area contributed by atoms with Gasteiger partial charge in [-0.3, -0.25) is 0 Å². The summed E-state index contributed by atoms with van der Waals surface area (Å²) in [6.07, 6.45) is 1.46. The second kappa shape index (κ2) is 6.69. The zero-order valence-corrected chi connectivity index (χ0v) is 12.3. The van der Waals surface area contributed by atoms with E-state index >= 15 is 0 Å². The third-order valence-electron chi connectivity index (χ3n) is 2.98. The van der Waals surface area contributed by atoms with Crippen molar-refractivity contribution in [1.29, 1.82) is 0 Å². The van der Waals surface area contributed by atoms with E-state index in [0.29, 0.717) is 17.5 Å². The molecule has 0 radical (unpaired) electrons. The van der Waals surface area contributed by atoms with Crippen molar-refractivity contribution in [2.75, 3.05) is 17.7 Å². The number of rotatable bonds is 5. The maximum atomic E-state index is 13.2. The summed E-state index contributed by atoms with van der Waals surface area (Å²) in [4.78, 5) is 4.29. The van der Waals surface area contributed by atoms with Gasteiger partial charge in [0.1, 0.15) is 11.6 Å². The minimum Gasteiger partial charge on any atom is -0.497 e. The van der Waals surface area contributed by atoms with Crippen molar-refractivity contribution in [3.05, 3.63) is 60.5 Å². The lowest BCUT2D eigenvalue weighted by Crippen LogP contribution is -2.02. The van der Waals surface area contributed by atoms with Crippen LogP contribution in [0.1, 0.15) is 0 Å². The lowest BCUT2D eigenvalue weighted by Gasteiger charge is -2.08. The lowest BCUT2D eigenvalue weighted by molar-refractivity contribution is 0.415. The number of benzene rings is 2. The van der Waals surface area contributed by atoms with Crippen molar-refractivity contribution in [3.63, 3.8) is 0 Å². The molecule has 0 aliphatic heterocycles.